The van der Waals surface area contributed by atoms with Crippen molar-refractivity contribution >= 4 is 29.0 Å². The number of hydrogen-bond acceptors (Lipinski definition) is 3. The number of rotatable bonds is 4. The van der Waals surface area contributed by atoms with Gasteiger partial charge < -0.3 is 10.2 Å². The van der Waals surface area contributed by atoms with Crippen molar-refractivity contribution in [1.29, 1.82) is 0 Å². The van der Waals surface area contributed by atoms with Crippen molar-refractivity contribution in [3.63, 3.8) is 0 Å². The number of nitrogens with one attached hydrogen (secondary N) is 1. The highest BCUT2D eigenvalue weighted by Gasteiger charge is 2.24. The molecule has 0 saturated carbocycles. The molecule has 1 heterocycles. The maximum Gasteiger partial charge on any atom is 0.243 e. The zero-order chi connectivity index (χ0) is 16.2. The van der Waals surface area contributed by atoms with Crippen LogP contribution in [0.5, 0.6) is 0 Å². The highest BCUT2D eigenvalue weighted by molar-refractivity contribution is 7.98. The van der Waals surface area contributed by atoms with E-state index in [-0.39, 0.29) is 5.91 Å². The minimum Gasteiger partial charge on any atom is -0.359 e. The van der Waals surface area contributed by atoms with Crippen molar-refractivity contribution in [2.45, 2.75) is 30.7 Å². The van der Waals surface area contributed by atoms with E-state index in [1.165, 1.54) is 11.3 Å². The lowest BCUT2D eigenvalue weighted by Gasteiger charge is -2.36. The van der Waals surface area contributed by atoms with Gasteiger partial charge in [0.25, 0.3) is 0 Å². The molecule has 0 aromatic heterocycles. The monoisotopic (exact) mass is 326 g/mol. The second kappa shape index (κ2) is 7.09. The lowest BCUT2D eigenvalue weighted by Crippen LogP contribution is -2.42. The largest absolute Gasteiger partial charge is 0.359 e. The van der Waals surface area contributed by atoms with Gasteiger partial charge in [0.05, 0.1) is 6.54 Å². The number of thioether (sulfide) groups is 1. The lowest BCUT2D eigenvalue weighted by atomic mass is 9.96. The Bertz CT molecular complexity index is 701. The van der Waals surface area contributed by atoms with E-state index < -0.39 is 0 Å². The van der Waals surface area contributed by atoms with Gasteiger partial charge in [0, 0.05) is 22.3 Å². The van der Waals surface area contributed by atoms with E-state index >= 15 is 0 Å². The van der Waals surface area contributed by atoms with Gasteiger partial charge >= 0.3 is 0 Å². The van der Waals surface area contributed by atoms with Gasteiger partial charge in [-0.15, -0.1) is 11.8 Å². The average Bonchev–Trinajstić information content (AvgIpc) is 2.57. The summed E-state index contributed by atoms with van der Waals surface area (Å²) in [6, 6.07) is 16.7. The average molecular weight is 326 g/mol. The van der Waals surface area contributed by atoms with Crippen molar-refractivity contribution in [1.82, 2.24) is 0 Å². The predicted octanol–water partition coefficient (Wildman–Crippen LogP) is 4.19. The van der Waals surface area contributed by atoms with Crippen LogP contribution in [0.1, 0.15) is 18.9 Å². The van der Waals surface area contributed by atoms with E-state index in [9.17, 15) is 4.79 Å². The Hall–Kier alpha value is -1.94. The smallest absolute Gasteiger partial charge is 0.243 e. The molecule has 3 nitrogen and oxygen atoms in total. The summed E-state index contributed by atoms with van der Waals surface area (Å²) in [5, 5.41) is 3.02. The van der Waals surface area contributed by atoms with E-state index in [4.69, 9.17) is 0 Å². The fourth-order valence-corrected chi connectivity index (χ4v) is 3.52. The molecule has 0 aliphatic carbocycles. The molecule has 0 bridgehead atoms. The van der Waals surface area contributed by atoms with Crippen LogP contribution in [-0.2, 0) is 11.2 Å². The van der Waals surface area contributed by atoms with E-state index in [2.05, 4.69) is 35.3 Å². The lowest BCUT2D eigenvalue weighted by molar-refractivity contribution is -0.115. The number of hydrogen-bond donors (Lipinski definition) is 1. The second-order valence-corrected chi connectivity index (χ2v) is 6.80. The third-order valence-corrected chi connectivity index (χ3v) is 5.06. The topological polar surface area (TPSA) is 32.3 Å². The molecule has 0 fully saturated rings. The zero-order valence-electron chi connectivity index (χ0n) is 13.6. The minimum absolute atomic E-state index is 0.0341. The predicted molar refractivity (Wildman–Crippen MR) is 98.4 cm³/mol. The molecule has 1 aliphatic heterocycles. The molecule has 1 unspecified atom stereocenters. The SMILES string of the molecule is CSc1cccc(NC(=O)CN2c3ccccc3CCC2C)c1. The normalized spacial score (nSPS) is 16.8. The van der Waals surface area contributed by atoms with Crippen molar-refractivity contribution in [3.8, 4) is 0 Å². The van der Waals surface area contributed by atoms with E-state index in [1.54, 1.807) is 11.8 Å². The molecule has 1 aliphatic rings. The molecule has 2 aromatic carbocycles. The van der Waals surface area contributed by atoms with Gasteiger partial charge in [0.15, 0.2) is 0 Å². The number of fused-ring (bicyclic) bond motifs is 1. The van der Waals surface area contributed by atoms with Gasteiger partial charge in [-0.05, 0) is 55.9 Å². The van der Waals surface area contributed by atoms with Gasteiger partial charge in [-0.25, -0.2) is 0 Å². The first-order chi connectivity index (χ1) is 11.2. The number of benzene rings is 2. The summed E-state index contributed by atoms with van der Waals surface area (Å²) in [4.78, 5) is 15.8. The number of aryl methyl sites for hydroxylation is 1. The molecule has 4 heteroatoms. The molecule has 1 amide bonds. The maximum atomic E-state index is 12.5. The van der Waals surface area contributed by atoms with E-state index in [0.717, 1.165) is 23.4 Å². The second-order valence-electron chi connectivity index (χ2n) is 5.92. The summed E-state index contributed by atoms with van der Waals surface area (Å²) in [5.41, 5.74) is 3.39. The van der Waals surface area contributed by atoms with Gasteiger partial charge in [-0.2, -0.15) is 0 Å². The summed E-state index contributed by atoms with van der Waals surface area (Å²) in [6.07, 6.45) is 4.21. The maximum absolute atomic E-state index is 12.5. The standard InChI is InChI=1S/C19H22N2OS/c1-14-10-11-15-6-3-4-9-18(15)21(14)13-19(22)20-16-7-5-8-17(12-16)23-2/h3-9,12,14H,10-11,13H2,1-2H3,(H,20,22). The summed E-state index contributed by atoms with van der Waals surface area (Å²) in [7, 11) is 0. The van der Waals surface area contributed by atoms with Gasteiger partial charge in [-0.3, -0.25) is 4.79 Å². The third kappa shape index (κ3) is 3.70. The van der Waals surface area contributed by atoms with Crippen LogP contribution < -0.4 is 10.2 Å². The molecule has 2 aromatic rings. The number of anilines is 2. The zero-order valence-corrected chi connectivity index (χ0v) is 14.4. The van der Waals surface area contributed by atoms with Gasteiger partial charge in [-0.1, -0.05) is 24.3 Å². The number of nitrogens with zero attached hydrogens (tertiary/aromatic N) is 1. The highest BCUT2D eigenvalue weighted by Crippen LogP contribution is 2.30. The Balaban J connectivity index is 1.72. The Morgan fingerprint density at radius 3 is 2.91 bits per heavy atom. The van der Waals surface area contributed by atoms with Gasteiger partial charge in [0.1, 0.15) is 0 Å². The van der Waals surface area contributed by atoms with Crippen molar-refractivity contribution in [3.05, 3.63) is 54.1 Å². The van der Waals surface area contributed by atoms with Crippen LogP contribution in [-0.4, -0.2) is 24.7 Å². The molecular formula is C19H22N2OS. The fraction of sp³-hybridized carbons (Fsp3) is 0.316. The van der Waals surface area contributed by atoms with Crippen LogP contribution in [0.3, 0.4) is 0 Å². The Morgan fingerprint density at radius 1 is 1.26 bits per heavy atom. The van der Waals surface area contributed by atoms with E-state index in [0.29, 0.717) is 12.6 Å². The summed E-state index contributed by atoms with van der Waals surface area (Å²) in [6.45, 7) is 2.58. The molecule has 0 radical (unpaired) electrons. The van der Waals surface area contributed by atoms with Crippen LogP contribution in [0.4, 0.5) is 11.4 Å². The Morgan fingerprint density at radius 2 is 2.09 bits per heavy atom. The molecule has 1 atom stereocenters. The van der Waals surface area contributed by atoms with Crippen LogP contribution in [0.15, 0.2) is 53.4 Å². The number of carbonyl (C=O) groups is 1. The molecule has 0 spiro atoms. The van der Waals surface area contributed by atoms with Crippen LogP contribution >= 0.6 is 11.8 Å². The molecule has 3 rings (SSSR count). The van der Waals surface area contributed by atoms with Crippen LogP contribution in [0.2, 0.25) is 0 Å². The first kappa shape index (κ1) is 15.9. The van der Waals surface area contributed by atoms with Crippen molar-refractivity contribution in [2.75, 3.05) is 23.0 Å². The molecule has 23 heavy (non-hydrogen) atoms. The number of amides is 1. The number of para-hydroxylation sites is 1. The molecule has 1 N–H and O–H groups in total. The van der Waals surface area contributed by atoms with Crippen molar-refractivity contribution < 1.29 is 4.79 Å². The third-order valence-electron chi connectivity index (χ3n) is 4.33. The molecule has 120 valence electrons. The fourth-order valence-electron chi connectivity index (χ4n) is 3.06. The molecule has 0 saturated heterocycles. The first-order valence-electron chi connectivity index (χ1n) is 7.96. The molecular weight excluding hydrogens is 304 g/mol. The van der Waals surface area contributed by atoms with Crippen molar-refractivity contribution in [2.24, 2.45) is 0 Å². The Labute approximate surface area is 142 Å². The first-order valence-corrected chi connectivity index (χ1v) is 9.18. The minimum atomic E-state index is 0.0341. The summed E-state index contributed by atoms with van der Waals surface area (Å²) < 4.78 is 0. The van der Waals surface area contributed by atoms with Crippen LogP contribution in [0.25, 0.3) is 0 Å². The van der Waals surface area contributed by atoms with Gasteiger partial charge in [0.2, 0.25) is 5.91 Å². The highest BCUT2D eigenvalue weighted by atomic mass is 32.2. The summed E-state index contributed by atoms with van der Waals surface area (Å²) in [5.74, 6) is 0.0341. The van der Waals surface area contributed by atoms with Crippen LogP contribution in [0, 0.1) is 0 Å². The number of carbonyl (C=O) groups excluding carboxylic acids is 1. The van der Waals surface area contributed by atoms with E-state index in [1.807, 2.05) is 36.6 Å². The summed E-state index contributed by atoms with van der Waals surface area (Å²) >= 11 is 1.68. The quantitative estimate of drug-likeness (QED) is 0.855. The Kier molecular flexibility index (Phi) is 4.91.